The number of sulfonamides is 2. The average Bonchev–Trinajstić information content (AvgIpc) is 2.73. The summed E-state index contributed by atoms with van der Waals surface area (Å²) < 4.78 is 52.9. The molecule has 0 saturated heterocycles. The van der Waals surface area contributed by atoms with E-state index in [0.29, 0.717) is 17.0 Å². The third kappa shape index (κ3) is 5.93. The normalized spacial score (nSPS) is 12.4. The lowest BCUT2D eigenvalue weighted by Crippen LogP contribution is -2.20. The Hall–Kier alpha value is -2.69. The fraction of sp³-hybridized carbons (Fsp3) is 0.0952. The zero-order chi connectivity index (χ0) is 22.6. The van der Waals surface area contributed by atoms with Crippen LogP contribution < -0.4 is 9.55 Å². The van der Waals surface area contributed by atoms with Gasteiger partial charge in [0.2, 0.25) is 0 Å². The highest BCUT2D eigenvalue weighted by atomic mass is 79.9. The van der Waals surface area contributed by atoms with Crippen LogP contribution in [-0.4, -0.2) is 22.5 Å². The first kappa shape index (κ1) is 23.0. The van der Waals surface area contributed by atoms with Crippen LogP contribution >= 0.6 is 15.9 Å². The molecular weight excluding hydrogens is 502 g/mol. The largest absolute Gasteiger partial charge is 0.280 e. The van der Waals surface area contributed by atoms with Crippen molar-refractivity contribution in [1.82, 2.24) is 4.83 Å². The van der Waals surface area contributed by atoms with Crippen LogP contribution in [0, 0.1) is 6.92 Å². The van der Waals surface area contributed by atoms with Gasteiger partial charge in [-0.2, -0.15) is 18.4 Å². The van der Waals surface area contributed by atoms with Gasteiger partial charge in [0, 0.05) is 10.2 Å². The number of rotatable bonds is 7. The van der Waals surface area contributed by atoms with Crippen LogP contribution in [0.4, 0.5) is 5.69 Å². The first-order chi connectivity index (χ1) is 14.6. The van der Waals surface area contributed by atoms with Crippen LogP contribution in [0.2, 0.25) is 0 Å². The average molecular weight is 522 g/mol. The number of aryl methyl sites for hydroxylation is 1. The number of benzene rings is 3. The number of hydrogen-bond donors (Lipinski definition) is 2. The van der Waals surface area contributed by atoms with Gasteiger partial charge in [-0.3, -0.25) is 4.72 Å². The van der Waals surface area contributed by atoms with Crippen LogP contribution in [0.1, 0.15) is 18.1 Å². The topological polar surface area (TPSA) is 105 Å². The van der Waals surface area contributed by atoms with E-state index in [1.165, 1.54) is 24.3 Å². The van der Waals surface area contributed by atoms with Crippen molar-refractivity contribution in [2.24, 2.45) is 5.10 Å². The van der Waals surface area contributed by atoms with Crippen LogP contribution in [0.15, 0.2) is 92.2 Å². The van der Waals surface area contributed by atoms with Gasteiger partial charge in [-0.05, 0) is 67.9 Å². The monoisotopic (exact) mass is 521 g/mol. The predicted molar refractivity (Wildman–Crippen MR) is 125 cm³/mol. The molecule has 31 heavy (non-hydrogen) atoms. The summed E-state index contributed by atoms with van der Waals surface area (Å²) in [4.78, 5) is 2.48. The molecule has 2 N–H and O–H groups in total. The van der Waals surface area contributed by atoms with Gasteiger partial charge in [0.05, 0.1) is 15.5 Å². The highest BCUT2D eigenvalue weighted by molar-refractivity contribution is 9.10. The maximum Gasteiger partial charge on any atom is 0.276 e. The van der Waals surface area contributed by atoms with E-state index in [1.54, 1.807) is 55.5 Å². The summed E-state index contributed by atoms with van der Waals surface area (Å²) >= 11 is 3.27. The van der Waals surface area contributed by atoms with Gasteiger partial charge in [0.1, 0.15) is 0 Å². The van der Waals surface area contributed by atoms with Crippen molar-refractivity contribution >= 4 is 47.4 Å². The molecular formula is C21H20BrN3O4S2. The van der Waals surface area contributed by atoms with Crippen molar-refractivity contribution in [3.63, 3.8) is 0 Å². The zero-order valence-electron chi connectivity index (χ0n) is 16.7. The van der Waals surface area contributed by atoms with Gasteiger partial charge >= 0.3 is 0 Å². The minimum atomic E-state index is -3.78. The summed E-state index contributed by atoms with van der Waals surface area (Å²) in [6.07, 6.45) is 0. The molecule has 0 aromatic heterocycles. The second-order valence-electron chi connectivity index (χ2n) is 6.74. The van der Waals surface area contributed by atoms with Crippen LogP contribution in [0.3, 0.4) is 0 Å². The second-order valence-corrected chi connectivity index (χ2v) is 11.0. The molecule has 0 amide bonds. The van der Waals surface area contributed by atoms with Crippen molar-refractivity contribution < 1.29 is 16.8 Å². The molecule has 0 saturated carbocycles. The van der Waals surface area contributed by atoms with Crippen molar-refractivity contribution in [3.05, 3.63) is 88.4 Å². The molecule has 3 aromatic carbocycles. The van der Waals surface area contributed by atoms with E-state index in [1.807, 2.05) is 6.92 Å². The summed E-state index contributed by atoms with van der Waals surface area (Å²) in [5.41, 5.74) is 2.39. The molecule has 3 rings (SSSR count). The molecule has 0 radical (unpaired) electrons. The summed E-state index contributed by atoms with van der Waals surface area (Å²) in [6.45, 7) is 3.52. The van der Waals surface area contributed by atoms with E-state index in [4.69, 9.17) is 0 Å². The third-order valence-corrected chi connectivity index (χ3v) is 7.49. The molecule has 0 fully saturated rings. The first-order valence-electron chi connectivity index (χ1n) is 9.08. The lowest BCUT2D eigenvalue weighted by molar-refractivity contribution is 0.584. The fourth-order valence-corrected chi connectivity index (χ4v) is 4.75. The number of hydrogen-bond acceptors (Lipinski definition) is 5. The molecule has 0 aliphatic carbocycles. The van der Waals surface area contributed by atoms with E-state index in [2.05, 4.69) is 30.6 Å². The molecule has 0 unspecified atom stereocenters. The highest BCUT2D eigenvalue weighted by Crippen LogP contribution is 2.19. The Morgan fingerprint density at radius 1 is 0.774 bits per heavy atom. The van der Waals surface area contributed by atoms with Gasteiger partial charge in [-0.15, -0.1) is 0 Å². The van der Waals surface area contributed by atoms with Crippen LogP contribution in [0.25, 0.3) is 0 Å². The van der Waals surface area contributed by atoms with Gasteiger partial charge in [0.25, 0.3) is 20.0 Å². The van der Waals surface area contributed by atoms with Crippen molar-refractivity contribution in [2.75, 3.05) is 4.72 Å². The molecule has 0 atom stereocenters. The molecule has 10 heteroatoms. The van der Waals surface area contributed by atoms with Gasteiger partial charge in [-0.1, -0.05) is 45.8 Å². The standard InChI is InChI=1S/C21H20BrN3O4S2/c1-15-3-11-21(12-4-15)31(28,29)25-23-16(2)17-5-9-19(10-6-17)24-30(26,27)20-13-7-18(22)8-14-20/h3-14,24-25H,1-2H3/b23-16-. The Kier molecular flexibility index (Phi) is 6.83. The lowest BCUT2D eigenvalue weighted by Gasteiger charge is -2.09. The van der Waals surface area contributed by atoms with E-state index >= 15 is 0 Å². The van der Waals surface area contributed by atoms with Crippen molar-refractivity contribution in [1.29, 1.82) is 0 Å². The molecule has 3 aromatic rings. The molecule has 0 bridgehead atoms. The predicted octanol–water partition coefficient (Wildman–Crippen LogP) is 4.26. The Balaban J connectivity index is 1.71. The number of nitrogens with zero attached hydrogens (tertiary/aromatic N) is 1. The molecule has 162 valence electrons. The number of anilines is 1. The molecule has 0 heterocycles. The Bertz CT molecular complexity index is 1300. The van der Waals surface area contributed by atoms with Gasteiger partial charge < -0.3 is 0 Å². The Morgan fingerprint density at radius 3 is 1.87 bits per heavy atom. The summed E-state index contributed by atoms with van der Waals surface area (Å²) in [7, 11) is -7.50. The Morgan fingerprint density at radius 2 is 1.29 bits per heavy atom. The number of hydrazone groups is 1. The molecule has 0 aliphatic heterocycles. The van der Waals surface area contributed by atoms with Gasteiger partial charge in [-0.25, -0.2) is 8.42 Å². The second kappa shape index (κ2) is 9.21. The van der Waals surface area contributed by atoms with Crippen LogP contribution in [-0.2, 0) is 20.0 Å². The summed E-state index contributed by atoms with van der Waals surface area (Å²) in [5.74, 6) is 0. The molecule has 7 nitrogen and oxygen atoms in total. The number of nitrogens with one attached hydrogen (secondary N) is 2. The van der Waals surface area contributed by atoms with E-state index < -0.39 is 20.0 Å². The quantitative estimate of drug-likeness (QED) is 0.357. The summed E-state index contributed by atoms with van der Waals surface area (Å²) in [5, 5.41) is 3.96. The smallest absolute Gasteiger partial charge is 0.276 e. The third-order valence-electron chi connectivity index (χ3n) is 4.34. The minimum absolute atomic E-state index is 0.118. The van der Waals surface area contributed by atoms with E-state index in [-0.39, 0.29) is 9.79 Å². The van der Waals surface area contributed by atoms with Gasteiger partial charge in [0.15, 0.2) is 0 Å². The maximum absolute atomic E-state index is 12.5. The van der Waals surface area contributed by atoms with Crippen molar-refractivity contribution in [2.45, 2.75) is 23.6 Å². The lowest BCUT2D eigenvalue weighted by atomic mass is 10.1. The maximum atomic E-state index is 12.5. The van der Waals surface area contributed by atoms with E-state index in [9.17, 15) is 16.8 Å². The zero-order valence-corrected chi connectivity index (χ0v) is 19.9. The van der Waals surface area contributed by atoms with Crippen molar-refractivity contribution in [3.8, 4) is 0 Å². The highest BCUT2D eigenvalue weighted by Gasteiger charge is 2.15. The van der Waals surface area contributed by atoms with Crippen LogP contribution in [0.5, 0.6) is 0 Å². The summed E-state index contributed by atoms with van der Waals surface area (Å²) in [6, 6.07) is 19.2. The fourth-order valence-electron chi connectivity index (χ4n) is 2.57. The first-order valence-corrected chi connectivity index (χ1v) is 12.8. The molecule has 0 spiro atoms. The SMILES string of the molecule is C/C(=N/NS(=O)(=O)c1ccc(C)cc1)c1ccc(NS(=O)(=O)c2ccc(Br)cc2)cc1. The number of halogens is 1. The minimum Gasteiger partial charge on any atom is -0.280 e. The Labute approximate surface area is 190 Å². The van der Waals surface area contributed by atoms with E-state index in [0.717, 1.165) is 10.0 Å². The molecule has 0 aliphatic rings.